The fourth-order valence-corrected chi connectivity index (χ4v) is 2.79. The number of methoxy groups -OCH3 is 1. The van der Waals surface area contributed by atoms with Crippen LogP contribution in [0.15, 0.2) is 15.6 Å². The number of hydrogen-bond donors (Lipinski definition) is 2. The highest BCUT2D eigenvalue weighted by Crippen LogP contribution is 2.42. The number of guanidine groups is 1. The molecule has 23 heavy (non-hydrogen) atoms. The second kappa shape index (κ2) is 6.51. The van der Waals surface area contributed by atoms with E-state index in [0.29, 0.717) is 24.6 Å². The van der Waals surface area contributed by atoms with Crippen LogP contribution in [0.25, 0.3) is 0 Å². The van der Waals surface area contributed by atoms with E-state index in [1.807, 2.05) is 0 Å². The summed E-state index contributed by atoms with van der Waals surface area (Å²) in [7, 11) is 3.54. The smallest absolute Gasteiger partial charge is 0.213 e. The summed E-state index contributed by atoms with van der Waals surface area (Å²) in [5.74, 6) is 2.31. The number of hydrogen-bond acceptors (Lipinski definition) is 4. The monoisotopic (exact) mass is 322 g/mol. The van der Waals surface area contributed by atoms with Crippen LogP contribution < -0.4 is 10.6 Å². The van der Waals surface area contributed by atoms with Crippen molar-refractivity contribution in [2.75, 3.05) is 14.2 Å². The molecule has 0 spiro atoms. The molecule has 0 radical (unpaired) electrons. The number of ether oxygens (including phenoxy) is 1. The van der Waals surface area contributed by atoms with Crippen molar-refractivity contribution in [3.63, 3.8) is 0 Å². The summed E-state index contributed by atoms with van der Waals surface area (Å²) in [6.45, 7) is 11.2. The molecule has 1 saturated carbocycles. The Hall–Kier alpha value is -1.56. The van der Waals surface area contributed by atoms with Crippen LogP contribution in [0.1, 0.15) is 52.7 Å². The van der Waals surface area contributed by atoms with Crippen LogP contribution in [0.3, 0.4) is 0 Å². The Morgan fingerprint density at radius 2 is 2.17 bits per heavy atom. The molecule has 1 aliphatic carbocycles. The van der Waals surface area contributed by atoms with Gasteiger partial charge in [0.05, 0.1) is 18.8 Å². The molecule has 1 aliphatic rings. The number of rotatable bonds is 4. The normalized spacial score (nSPS) is 24.2. The van der Waals surface area contributed by atoms with Crippen LogP contribution >= 0.6 is 0 Å². The van der Waals surface area contributed by atoms with Gasteiger partial charge >= 0.3 is 0 Å². The maximum Gasteiger partial charge on any atom is 0.213 e. The van der Waals surface area contributed by atoms with Crippen molar-refractivity contribution in [3.8, 4) is 0 Å². The van der Waals surface area contributed by atoms with Gasteiger partial charge in [-0.25, -0.2) is 4.98 Å². The third kappa shape index (κ3) is 3.86. The van der Waals surface area contributed by atoms with E-state index in [4.69, 9.17) is 9.15 Å². The first-order valence-corrected chi connectivity index (χ1v) is 8.13. The van der Waals surface area contributed by atoms with Crippen molar-refractivity contribution in [3.05, 3.63) is 17.8 Å². The van der Waals surface area contributed by atoms with Crippen LogP contribution in [0.2, 0.25) is 0 Å². The van der Waals surface area contributed by atoms with Crippen molar-refractivity contribution >= 4 is 5.96 Å². The number of nitrogens with zero attached hydrogens (tertiary/aromatic N) is 2. The molecule has 0 amide bonds. The van der Waals surface area contributed by atoms with E-state index in [2.05, 4.69) is 55.2 Å². The van der Waals surface area contributed by atoms with E-state index in [0.717, 1.165) is 18.1 Å². The van der Waals surface area contributed by atoms with E-state index in [1.54, 1.807) is 20.4 Å². The van der Waals surface area contributed by atoms with Gasteiger partial charge in [-0.05, 0) is 6.42 Å². The predicted octanol–water partition coefficient (Wildman–Crippen LogP) is 2.45. The van der Waals surface area contributed by atoms with E-state index in [-0.39, 0.29) is 10.8 Å². The third-order valence-electron chi connectivity index (χ3n) is 4.70. The molecular formula is C17H30N4O2. The Morgan fingerprint density at radius 1 is 1.48 bits per heavy atom. The predicted molar refractivity (Wildman–Crippen MR) is 91.5 cm³/mol. The first-order chi connectivity index (χ1) is 10.7. The minimum atomic E-state index is -0.0315. The average molecular weight is 322 g/mol. The zero-order valence-corrected chi connectivity index (χ0v) is 15.4. The van der Waals surface area contributed by atoms with Gasteiger partial charge < -0.3 is 19.8 Å². The van der Waals surface area contributed by atoms with Crippen molar-refractivity contribution in [1.82, 2.24) is 15.6 Å². The molecule has 1 fully saturated rings. The Labute approximate surface area is 139 Å². The van der Waals surface area contributed by atoms with Gasteiger partial charge in [-0.15, -0.1) is 0 Å². The molecule has 2 N–H and O–H groups in total. The summed E-state index contributed by atoms with van der Waals surface area (Å²) in [5, 5.41) is 6.72. The molecular weight excluding hydrogens is 292 g/mol. The molecule has 0 aliphatic heterocycles. The second-order valence-electron chi connectivity index (χ2n) is 7.77. The summed E-state index contributed by atoms with van der Waals surface area (Å²) in [4.78, 5) is 8.61. The quantitative estimate of drug-likeness (QED) is 0.658. The molecule has 1 aromatic rings. The second-order valence-corrected chi connectivity index (χ2v) is 7.77. The molecule has 2 atom stereocenters. The van der Waals surface area contributed by atoms with Crippen LogP contribution in [0.4, 0.5) is 0 Å². The number of nitrogens with one attached hydrogen (secondary N) is 2. The van der Waals surface area contributed by atoms with Crippen LogP contribution in [-0.4, -0.2) is 37.2 Å². The lowest BCUT2D eigenvalue weighted by Gasteiger charge is -2.51. The zero-order chi connectivity index (χ0) is 17.3. The van der Waals surface area contributed by atoms with Gasteiger partial charge in [0.1, 0.15) is 5.76 Å². The summed E-state index contributed by atoms with van der Waals surface area (Å²) in [6, 6.07) is 0.341. The fraction of sp³-hybridized carbons (Fsp3) is 0.765. The molecule has 2 rings (SSSR count). The highest BCUT2D eigenvalue weighted by molar-refractivity contribution is 5.80. The minimum absolute atomic E-state index is 0.0315. The lowest BCUT2D eigenvalue weighted by Crippen LogP contribution is -2.63. The lowest BCUT2D eigenvalue weighted by molar-refractivity contribution is -0.0922. The molecule has 1 aromatic heterocycles. The fourth-order valence-electron chi connectivity index (χ4n) is 2.79. The average Bonchev–Trinajstić information content (AvgIpc) is 2.95. The summed E-state index contributed by atoms with van der Waals surface area (Å²) >= 11 is 0. The summed E-state index contributed by atoms with van der Waals surface area (Å²) in [5.41, 5.74) is 0.0605. The van der Waals surface area contributed by atoms with Gasteiger partial charge in [0.2, 0.25) is 5.89 Å². The van der Waals surface area contributed by atoms with Crippen LogP contribution in [0.5, 0.6) is 0 Å². The Balaban J connectivity index is 1.88. The maximum absolute atomic E-state index is 5.79. The number of aromatic nitrogens is 1. The van der Waals surface area contributed by atoms with Gasteiger partial charge in [-0.3, -0.25) is 4.99 Å². The standard InChI is InChI=1S/C17H30N4O2/c1-16(2,3)13-9-19-14(23-13)10-20-15(18-6)21-11-8-12(22-7)17(11,4)5/h9,11-12H,8,10H2,1-7H3,(H2,18,20,21). The van der Waals surface area contributed by atoms with E-state index < -0.39 is 0 Å². The van der Waals surface area contributed by atoms with Crippen molar-refractivity contribution < 1.29 is 9.15 Å². The molecule has 0 bridgehead atoms. The maximum atomic E-state index is 5.79. The number of oxazole rings is 1. The summed E-state index contributed by atoms with van der Waals surface area (Å²) < 4.78 is 11.3. The van der Waals surface area contributed by atoms with E-state index in [9.17, 15) is 0 Å². The lowest BCUT2D eigenvalue weighted by atomic mass is 9.64. The topological polar surface area (TPSA) is 71.7 Å². The summed E-state index contributed by atoms with van der Waals surface area (Å²) in [6.07, 6.45) is 3.07. The van der Waals surface area contributed by atoms with Gasteiger partial charge in [-0.2, -0.15) is 0 Å². The van der Waals surface area contributed by atoms with Crippen molar-refractivity contribution in [2.24, 2.45) is 10.4 Å². The van der Waals surface area contributed by atoms with Crippen LogP contribution in [-0.2, 0) is 16.7 Å². The van der Waals surface area contributed by atoms with E-state index >= 15 is 0 Å². The highest BCUT2D eigenvalue weighted by atomic mass is 16.5. The van der Waals surface area contributed by atoms with E-state index in [1.165, 1.54) is 0 Å². The highest BCUT2D eigenvalue weighted by Gasteiger charge is 2.48. The molecule has 2 unspecified atom stereocenters. The minimum Gasteiger partial charge on any atom is -0.443 e. The Bertz CT molecular complexity index is 557. The molecule has 130 valence electrons. The Kier molecular flexibility index (Phi) is 5.04. The molecule has 0 aromatic carbocycles. The molecule has 6 nitrogen and oxygen atoms in total. The van der Waals surface area contributed by atoms with Gasteiger partial charge in [-0.1, -0.05) is 34.6 Å². The third-order valence-corrected chi connectivity index (χ3v) is 4.70. The van der Waals surface area contributed by atoms with Gasteiger partial charge in [0.25, 0.3) is 0 Å². The largest absolute Gasteiger partial charge is 0.443 e. The molecule has 6 heteroatoms. The molecule has 1 heterocycles. The first-order valence-electron chi connectivity index (χ1n) is 8.13. The SMILES string of the molecule is CN=C(NCc1ncc(C(C)(C)C)o1)NC1CC(OC)C1(C)C. The Morgan fingerprint density at radius 3 is 2.65 bits per heavy atom. The molecule has 0 saturated heterocycles. The first kappa shape index (κ1) is 17.8. The van der Waals surface area contributed by atoms with Gasteiger partial charge in [0.15, 0.2) is 5.96 Å². The van der Waals surface area contributed by atoms with Crippen molar-refractivity contribution in [2.45, 2.75) is 65.1 Å². The zero-order valence-electron chi connectivity index (χ0n) is 15.4. The van der Waals surface area contributed by atoms with Gasteiger partial charge in [0, 0.05) is 31.0 Å². The van der Waals surface area contributed by atoms with Crippen molar-refractivity contribution in [1.29, 1.82) is 0 Å². The number of aliphatic imine (C=N–C) groups is 1. The van der Waals surface area contributed by atoms with Crippen LogP contribution in [0, 0.1) is 5.41 Å².